The van der Waals surface area contributed by atoms with Gasteiger partial charge in [0.25, 0.3) is 5.91 Å². The molecule has 136 valence electrons. The van der Waals surface area contributed by atoms with Crippen LogP contribution in [0.1, 0.15) is 28.8 Å². The zero-order valence-corrected chi connectivity index (χ0v) is 16.4. The van der Waals surface area contributed by atoms with Gasteiger partial charge in [0.2, 0.25) is 10.0 Å². The van der Waals surface area contributed by atoms with E-state index in [1.54, 1.807) is 18.2 Å². The lowest BCUT2D eigenvalue weighted by Crippen LogP contribution is -2.35. The maximum absolute atomic E-state index is 12.8. The van der Waals surface area contributed by atoms with Crippen LogP contribution in [-0.4, -0.2) is 20.9 Å². The maximum Gasteiger partial charge on any atom is 0.251 e. The molecule has 0 unspecified atom stereocenters. The van der Waals surface area contributed by atoms with Crippen LogP contribution in [0.2, 0.25) is 0 Å². The molecular weight excluding hydrogens is 416 g/mol. The van der Waals surface area contributed by atoms with Crippen molar-refractivity contribution < 1.29 is 13.2 Å². The van der Waals surface area contributed by atoms with Crippen LogP contribution in [0.4, 0.5) is 0 Å². The van der Waals surface area contributed by atoms with Crippen molar-refractivity contribution in [2.24, 2.45) is 0 Å². The molecule has 0 aliphatic heterocycles. The summed E-state index contributed by atoms with van der Waals surface area (Å²) in [7, 11) is -3.75. The van der Waals surface area contributed by atoms with Gasteiger partial charge in [0.05, 0.1) is 10.4 Å². The third kappa shape index (κ3) is 4.06. The lowest BCUT2D eigenvalue weighted by atomic mass is 10.1. The van der Waals surface area contributed by atoms with E-state index in [-0.39, 0.29) is 10.8 Å². The van der Waals surface area contributed by atoms with E-state index in [0.717, 1.165) is 22.9 Å². The second-order valence-electron chi connectivity index (χ2n) is 6.22. The summed E-state index contributed by atoms with van der Waals surface area (Å²) >= 11 is 3.39. The number of hydrogen-bond acceptors (Lipinski definition) is 3. The number of nitrogens with one attached hydrogen (secondary N) is 2. The minimum atomic E-state index is -3.75. The second-order valence-corrected chi connectivity index (χ2v) is 8.82. The molecule has 26 heavy (non-hydrogen) atoms. The van der Waals surface area contributed by atoms with Gasteiger partial charge in [0.15, 0.2) is 0 Å². The molecule has 7 heteroatoms. The molecule has 0 spiro atoms. The number of amides is 1. The minimum absolute atomic E-state index is 0.0761. The van der Waals surface area contributed by atoms with E-state index in [9.17, 15) is 13.2 Å². The number of sulfonamides is 1. The fourth-order valence-corrected chi connectivity index (χ4v) is 4.49. The van der Waals surface area contributed by atoms with Gasteiger partial charge in [0.1, 0.15) is 0 Å². The minimum Gasteiger partial charge on any atom is -0.349 e. The van der Waals surface area contributed by atoms with E-state index in [0.29, 0.717) is 12.1 Å². The first kappa shape index (κ1) is 18.8. The predicted octanol–water partition coefficient (Wildman–Crippen LogP) is 3.33. The first-order chi connectivity index (χ1) is 12.4. The molecule has 0 atom stereocenters. The summed E-state index contributed by atoms with van der Waals surface area (Å²) < 4.78 is 29.5. The Balaban J connectivity index is 1.83. The number of rotatable bonds is 7. The van der Waals surface area contributed by atoms with E-state index in [1.165, 1.54) is 12.1 Å². The van der Waals surface area contributed by atoms with Crippen molar-refractivity contribution in [2.45, 2.75) is 23.3 Å². The van der Waals surface area contributed by atoms with E-state index in [4.69, 9.17) is 0 Å². The summed E-state index contributed by atoms with van der Waals surface area (Å²) in [5, 5.41) is 2.64. The van der Waals surface area contributed by atoms with Gasteiger partial charge < -0.3 is 5.32 Å². The zero-order valence-electron chi connectivity index (χ0n) is 14.0. The molecule has 1 aliphatic carbocycles. The van der Waals surface area contributed by atoms with E-state index < -0.39 is 15.6 Å². The predicted molar refractivity (Wildman–Crippen MR) is 104 cm³/mol. The Morgan fingerprint density at radius 3 is 2.50 bits per heavy atom. The summed E-state index contributed by atoms with van der Waals surface area (Å²) in [4.78, 5) is 12.1. The molecular formula is C19H19BrN2O3S. The van der Waals surface area contributed by atoms with Gasteiger partial charge in [-0.2, -0.15) is 0 Å². The Morgan fingerprint density at radius 2 is 1.88 bits per heavy atom. The highest BCUT2D eigenvalue weighted by molar-refractivity contribution is 9.10. The van der Waals surface area contributed by atoms with Crippen molar-refractivity contribution in [2.75, 3.05) is 6.54 Å². The van der Waals surface area contributed by atoms with Crippen molar-refractivity contribution in [3.05, 3.63) is 76.8 Å². The lowest BCUT2D eigenvalue weighted by molar-refractivity contribution is 0.0958. The number of hydrogen-bond donors (Lipinski definition) is 2. The van der Waals surface area contributed by atoms with Crippen LogP contribution >= 0.6 is 15.9 Å². The number of carbonyl (C=O) groups excluding carboxylic acids is 1. The van der Waals surface area contributed by atoms with E-state index in [1.807, 2.05) is 24.3 Å². The van der Waals surface area contributed by atoms with Gasteiger partial charge in [0, 0.05) is 16.6 Å². The van der Waals surface area contributed by atoms with Crippen LogP contribution in [0.3, 0.4) is 0 Å². The Hall–Kier alpha value is -1.96. The molecule has 2 aromatic rings. The molecule has 2 aromatic carbocycles. The fraction of sp³-hybridized carbons (Fsp3) is 0.211. The highest BCUT2D eigenvalue weighted by Gasteiger charge is 2.47. The molecule has 1 amide bonds. The summed E-state index contributed by atoms with van der Waals surface area (Å²) in [6.45, 7) is 3.86. The van der Waals surface area contributed by atoms with Gasteiger partial charge >= 0.3 is 0 Å². The molecule has 0 saturated heterocycles. The third-order valence-corrected chi connectivity index (χ3v) is 6.35. The Kier molecular flexibility index (Phi) is 5.32. The normalized spacial score (nSPS) is 15.3. The smallest absolute Gasteiger partial charge is 0.251 e. The molecule has 0 aromatic heterocycles. The van der Waals surface area contributed by atoms with Crippen molar-refractivity contribution in [3.63, 3.8) is 0 Å². The zero-order chi connectivity index (χ0) is 18.8. The molecule has 1 aliphatic rings. The molecule has 5 nitrogen and oxygen atoms in total. The molecule has 1 fully saturated rings. The molecule has 3 rings (SSSR count). The number of halogens is 1. The first-order valence-corrected chi connectivity index (χ1v) is 10.4. The van der Waals surface area contributed by atoms with Crippen molar-refractivity contribution in [3.8, 4) is 0 Å². The fourth-order valence-electron chi connectivity index (χ4n) is 2.73. The highest BCUT2D eigenvalue weighted by atomic mass is 79.9. The highest BCUT2D eigenvalue weighted by Crippen LogP contribution is 2.46. The van der Waals surface area contributed by atoms with Crippen LogP contribution < -0.4 is 10.0 Å². The van der Waals surface area contributed by atoms with Crippen molar-refractivity contribution >= 4 is 31.9 Å². The molecule has 2 N–H and O–H groups in total. The average Bonchev–Trinajstić information content (AvgIpc) is 3.40. The standard InChI is InChI=1S/C19H19BrN2O3S/c1-2-12-21-18(23)14-4-3-5-17(13-14)26(24,25)22-19(10-11-19)15-6-8-16(20)9-7-15/h2-9,13,22H,1,10-12H2,(H,21,23). The van der Waals surface area contributed by atoms with Gasteiger partial charge in [-0.3, -0.25) is 4.79 Å². The largest absolute Gasteiger partial charge is 0.349 e. The molecule has 0 bridgehead atoms. The van der Waals surface area contributed by atoms with Gasteiger partial charge in [-0.05, 0) is 48.7 Å². The third-order valence-electron chi connectivity index (χ3n) is 4.29. The topological polar surface area (TPSA) is 75.3 Å². The van der Waals surface area contributed by atoms with Crippen LogP contribution in [-0.2, 0) is 15.6 Å². The maximum atomic E-state index is 12.8. The van der Waals surface area contributed by atoms with Crippen molar-refractivity contribution in [1.82, 2.24) is 10.0 Å². The van der Waals surface area contributed by atoms with Gasteiger partial charge in [-0.1, -0.05) is 40.2 Å². The summed E-state index contributed by atoms with van der Waals surface area (Å²) in [5.41, 5.74) is 0.660. The quantitative estimate of drug-likeness (QED) is 0.656. The van der Waals surface area contributed by atoms with Crippen LogP contribution in [0, 0.1) is 0 Å². The summed E-state index contributed by atoms with van der Waals surface area (Å²) in [6.07, 6.45) is 3.05. The number of carbonyl (C=O) groups is 1. The number of benzene rings is 2. The average molecular weight is 435 g/mol. The monoisotopic (exact) mass is 434 g/mol. The van der Waals surface area contributed by atoms with Crippen LogP contribution in [0.15, 0.2) is 70.6 Å². The molecule has 0 radical (unpaired) electrons. The van der Waals surface area contributed by atoms with E-state index in [2.05, 4.69) is 32.5 Å². The first-order valence-electron chi connectivity index (χ1n) is 8.15. The summed E-state index contributed by atoms with van der Waals surface area (Å²) in [6, 6.07) is 13.7. The van der Waals surface area contributed by atoms with Crippen LogP contribution in [0.25, 0.3) is 0 Å². The Bertz CT molecular complexity index is 936. The second kappa shape index (κ2) is 7.34. The van der Waals surface area contributed by atoms with E-state index >= 15 is 0 Å². The SMILES string of the molecule is C=CCNC(=O)c1cccc(S(=O)(=O)NC2(c3ccc(Br)cc3)CC2)c1. The van der Waals surface area contributed by atoms with Gasteiger partial charge in [-0.15, -0.1) is 6.58 Å². The lowest BCUT2D eigenvalue weighted by Gasteiger charge is -2.18. The van der Waals surface area contributed by atoms with Crippen molar-refractivity contribution in [1.29, 1.82) is 0 Å². The Labute approximate surface area is 161 Å². The van der Waals surface area contributed by atoms with Gasteiger partial charge in [-0.25, -0.2) is 13.1 Å². The molecule has 0 heterocycles. The Morgan fingerprint density at radius 1 is 1.19 bits per heavy atom. The van der Waals surface area contributed by atoms with Crippen LogP contribution in [0.5, 0.6) is 0 Å². The summed E-state index contributed by atoms with van der Waals surface area (Å²) in [5.74, 6) is -0.337. The molecule has 1 saturated carbocycles.